The summed E-state index contributed by atoms with van der Waals surface area (Å²) in [6.45, 7) is 1.21. The number of carbonyl (C=O) groups is 1. The van der Waals surface area contributed by atoms with E-state index in [1.54, 1.807) is 12.5 Å². The molecule has 3 heterocycles. The largest absolute Gasteiger partial charge is 0.491 e. The molecule has 1 saturated carbocycles. The van der Waals surface area contributed by atoms with E-state index in [4.69, 9.17) is 14.9 Å². The van der Waals surface area contributed by atoms with Crippen LogP contribution < -0.4 is 21.1 Å². The summed E-state index contributed by atoms with van der Waals surface area (Å²) in [5.74, 6) is 1.25. The minimum absolute atomic E-state index is 0.312. The number of nitrogens with zero attached hydrogens (tertiary/aromatic N) is 1. The predicted octanol–water partition coefficient (Wildman–Crippen LogP) is 2.30. The van der Waals surface area contributed by atoms with Crippen molar-refractivity contribution in [3.8, 4) is 17.3 Å². The number of hydrogen-bond acceptors (Lipinski definition) is 6. The number of aromatic nitrogens is 2. The number of H-pyrrole nitrogens is 1. The highest BCUT2D eigenvalue weighted by Gasteiger charge is 2.35. The summed E-state index contributed by atoms with van der Waals surface area (Å²) < 4.78 is 11.4. The highest BCUT2D eigenvalue weighted by atomic mass is 16.5. The van der Waals surface area contributed by atoms with Crippen molar-refractivity contribution in [3.05, 3.63) is 24.6 Å². The van der Waals surface area contributed by atoms with E-state index in [-0.39, 0.29) is 11.9 Å². The van der Waals surface area contributed by atoms with Crippen molar-refractivity contribution in [1.82, 2.24) is 9.97 Å². The molecule has 1 atom stereocenters. The topological polar surface area (TPSA) is 118 Å². The molecular formula is C18H19N5O3. The van der Waals surface area contributed by atoms with Crippen molar-refractivity contribution in [2.75, 3.05) is 23.8 Å². The first-order chi connectivity index (χ1) is 12.7. The van der Waals surface area contributed by atoms with Gasteiger partial charge in [0.05, 0.1) is 22.8 Å². The van der Waals surface area contributed by atoms with Gasteiger partial charge < -0.3 is 30.5 Å². The van der Waals surface area contributed by atoms with Gasteiger partial charge >= 0.3 is 0 Å². The molecule has 0 radical (unpaired) electrons. The summed E-state index contributed by atoms with van der Waals surface area (Å²) in [5, 5.41) is 7.61. The van der Waals surface area contributed by atoms with Crippen molar-refractivity contribution < 1.29 is 13.9 Å². The zero-order valence-corrected chi connectivity index (χ0v) is 14.0. The van der Waals surface area contributed by atoms with Crippen LogP contribution in [0, 0.1) is 5.92 Å². The van der Waals surface area contributed by atoms with Gasteiger partial charge in [-0.15, -0.1) is 0 Å². The normalized spacial score (nSPS) is 17.2. The molecule has 0 spiro atoms. The Balaban J connectivity index is 1.62. The monoisotopic (exact) mass is 353 g/mol. The summed E-state index contributed by atoms with van der Waals surface area (Å²) in [6, 6.07) is 3.53. The molecule has 0 bridgehead atoms. The summed E-state index contributed by atoms with van der Waals surface area (Å²) >= 11 is 0. The number of anilines is 2. The van der Waals surface area contributed by atoms with E-state index in [0.29, 0.717) is 25.0 Å². The van der Waals surface area contributed by atoms with Crippen molar-refractivity contribution in [3.63, 3.8) is 0 Å². The average Bonchev–Trinajstić information content (AvgIpc) is 3.24. The predicted molar refractivity (Wildman–Crippen MR) is 97.1 cm³/mol. The van der Waals surface area contributed by atoms with E-state index in [1.165, 1.54) is 0 Å². The van der Waals surface area contributed by atoms with Crippen LogP contribution in [0.4, 0.5) is 11.4 Å². The fraction of sp³-hybridized carbons (Fsp3) is 0.333. The fourth-order valence-corrected chi connectivity index (χ4v) is 3.54. The minimum Gasteiger partial charge on any atom is -0.491 e. The Hall–Kier alpha value is -3.16. The van der Waals surface area contributed by atoms with E-state index in [9.17, 15) is 4.79 Å². The maximum absolute atomic E-state index is 11.8. The van der Waals surface area contributed by atoms with Gasteiger partial charge in [-0.1, -0.05) is 0 Å². The fourth-order valence-electron chi connectivity index (χ4n) is 3.54. The van der Waals surface area contributed by atoms with Crippen molar-refractivity contribution in [2.24, 2.45) is 11.7 Å². The quantitative estimate of drug-likeness (QED) is 0.559. The summed E-state index contributed by atoms with van der Waals surface area (Å²) in [5.41, 5.74) is 8.94. The minimum atomic E-state index is -0.357. The second kappa shape index (κ2) is 5.69. The number of hydrogen-bond donors (Lipinski definition) is 4. The first kappa shape index (κ1) is 15.1. The highest BCUT2D eigenvalue weighted by Crippen LogP contribution is 2.43. The molecule has 2 aromatic heterocycles. The van der Waals surface area contributed by atoms with Gasteiger partial charge in [-0.05, 0) is 24.8 Å². The maximum atomic E-state index is 11.8. The van der Waals surface area contributed by atoms with Crippen LogP contribution in [0.5, 0.6) is 5.75 Å². The molecule has 1 amide bonds. The van der Waals surface area contributed by atoms with Gasteiger partial charge in [0.1, 0.15) is 30.4 Å². The smallest absolute Gasteiger partial charge is 0.245 e. The van der Waals surface area contributed by atoms with E-state index in [0.717, 1.165) is 46.6 Å². The number of ether oxygens (including phenoxy) is 1. The molecule has 1 aliphatic heterocycles. The molecule has 8 heteroatoms. The van der Waals surface area contributed by atoms with Crippen LogP contribution in [0.3, 0.4) is 0 Å². The Morgan fingerprint density at radius 1 is 1.38 bits per heavy atom. The van der Waals surface area contributed by atoms with Gasteiger partial charge in [0.15, 0.2) is 0 Å². The van der Waals surface area contributed by atoms with Gasteiger partial charge in [0.25, 0.3) is 0 Å². The molecule has 5 N–H and O–H groups in total. The Morgan fingerprint density at radius 2 is 2.27 bits per heavy atom. The van der Waals surface area contributed by atoms with Crippen molar-refractivity contribution in [1.29, 1.82) is 0 Å². The van der Waals surface area contributed by atoms with Crippen LogP contribution >= 0.6 is 0 Å². The number of primary amides is 1. The average molecular weight is 353 g/mol. The Kier molecular flexibility index (Phi) is 3.31. The number of benzene rings is 1. The molecule has 3 aromatic rings. The molecule has 134 valence electrons. The second-order valence-corrected chi connectivity index (χ2v) is 6.75. The zero-order valence-electron chi connectivity index (χ0n) is 14.0. The first-order valence-electron chi connectivity index (χ1n) is 8.73. The van der Waals surface area contributed by atoms with Crippen LogP contribution in [0.2, 0.25) is 0 Å². The lowest BCUT2D eigenvalue weighted by atomic mass is 10.1. The lowest BCUT2D eigenvalue weighted by Gasteiger charge is -2.17. The van der Waals surface area contributed by atoms with Crippen molar-refractivity contribution in [2.45, 2.75) is 18.9 Å². The Morgan fingerprint density at radius 3 is 3.00 bits per heavy atom. The number of amides is 1. The maximum Gasteiger partial charge on any atom is 0.245 e. The molecule has 0 saturated heterocycles. The van der Waals surface area contributed by atoms with E-state index in [1.807, 2.05) is 12.1 Å². The number of nitrogens with one attached hydrogen (secondary N) is 3. The lowest BCUT2D eigenvalue weighted by Crippen LogP contribution is -2.37. The third-order valence-electron chi connectivity index (χ3n) is 4.89. The standard InChI is InChI=1S/C18H19N5O3/c19-17(24)14(9-1-2-9)22-10-7-11-13-12(8-10)25-5-3-20-15(13)16(23-11)18-21-4-6-26-18/h4,6-9,14,20,22-23H,1-3,5H2,(H2,19,24)/t14-/m0/s1. The van der Waals surface area contributed by atoms with Gasteiger partial charge in [-0.2, -0.15) is 0 Å². The third kappa shape index (κ3) is 2.45. The zero-order chi connectivity index (χ0) is 17.7. The molecule has 1 aliphatic carbocycles. The molecule has 2 aliphatic rings. The Bertz CT molecular complexity index is 975. The van der Waals surface area contributed by atoms with Gasteiger partial charge in [0, 0.05) is 18.3 Å². The molecule has 26 heavy (non-hydrogen) atoms. The van der Waals surface area contributed by atoms with Crippen LogP contribution in [-0.4, -0.2) is 35.1 Å². The molecule has 0 unspecified atom stereocenters. The van der Waals surface area contributed by atoms with Crippen LogP contribution in [-0.2, 0) is 4.79 Å². The van der Waals surface area contributed by atoms with Gasteiger partial charge in [-0.25, -0.2) is 4.98 Å². The van der Waals surface area contributed by atoms with Gasteiger partial charge in [0.2, 0.25) is 11.8 Å². The highest BCUT2D eigenvalue weighted by molar-refractivity contribution is 6.05. The van der Waals surface area contributed by atoms with Crippen LogP contribution in [0.15, 0.2) is 29.0 Å². The number of nitrogens with two attached hydrogens (primary N) is 1. The number of oxazole rings is 1. The summed E-state index contributed by atoms with van der Waals surface area (Å²) in [7, 11) is 0. The lowest BCUT2D eigenvalue weighted by molar-refractivity contribution is -0.119. The number of carbonyl (C=O) groups excluding carboxylic acids is 1. The van der Waals surface area contributed by atoms with Gasteiger partial charge in [-0.3, -0.25) is 4.79 Å². The molecule has 1 fully saturated rings. The molecule has 8 nitrogen and oxygen atoms in total. The molecular weight excluding hydrogens is 334 g/mol. The Labute approximate surface area is 149 Å². The molecule has 5 rings (SSSR count). The third-order valence-corrected chi connectivity index (χ3v) is 4.89. The van der Waals surface area contributed by atoms with E-state index in [2.05, 4.69) is 20.6 Å². The van der Waals surface area contributed by atoms with Crippen LogP contribution in [0.25, 0.3) is 22.5 Å². The van der Waals surface area contributed by atoms with Crippen molar-refractivity contribution >= 4 is 28.2 Å². The first-order valence-corrected chi connectivity index (χ1v) is 8.73. The summed E-state index contributed by atoms with van der Waals surface area (Å²) in [6.07, 6.45) is 5.21. The molecule has 1 aromatic carbocycles. The van der Waals surface area contributed by atoms with E-state index >= 15 is 0 Å². The van der Waals surface area contributed by atoms with Crippen LogP contribution in [0.1, 0.15) is 12.8 Å². The van der Waals surface area contributed by atoms with E-state index < -0.39 is 0 Å². The SMILES string of the molecule is NC(=O)[C@@H](Nc1cc2c3c(c(-c4ncco4)[nH]c3c1)NCCO2)C1CC1. The number of aromatic amines is 1. The second-order valence-electron chi connectivity index (χ2n) is 6.75. The summed E-state index contributed by atoms with van der Waals surface area (Å²) in [4.78, 5) is 19.4. The number of rotatable bonds is 5.